The summed E-state index contributed by atoms with van der Waals surface area (Å²) in [7, 11) is 0. The molecule has 0 aliphatic carbocycles. The van der Waals surface area contributed by atoms with Gasteiger partial charge in [0.1, 0.15) is 5.66 Å². The van der Waals surface area contributed by atoms with Gasteiger partial charge in [-0.25, -0.2) is 0 Å². The van der Waals surface area contributed by atoms with Crippen LogP contribution in [0.1, 0.15) is 32.6 Å². The van der Waals surface area contributed by atoms with Crippen molar-refractivity contribution >= 4 is 5.91 Å². The molecule has 5 rings (SSSR count). The fraction of sp³-hybridized carbons (Fsp3) is 0.208. The Labute approximate surface area is 159 Å². The van der Waals surface area contributed by atoms with Gasteiger partial charge in [-0.3, -0.25) is 9.69 Å². The number of rotatable bonds is 3. The van der Waals surface area contributed by atoms with Crippen LogP contribution in [0, 0.1) is 6.92 Å². The molecule has 1 saturated heterocycles. The molecule has 134 valence electrons. The second-order valence-corrected chi connectivity index (χ2v) is 7.45. The summed E-state index contributed by atoms with van der Waals surface area (Å²) in [5.41, 5.74) is 5.08. The maximum Gasteiger partial charge on any atom is 0.256 e. The molecule has 2 aliphatic heterocycles. The molecule has 0 N–H and O–H groups in total. The first-order valence-electron chi connectivity index (χ1n) is 9.49. The average molecular weight is 354 g/mol. The van der Waals surface area contributed by atoms with Crippen LogP contribution >= 0.6 is 0 Å². The molecule has 0 aromatic heterocycles. The van der Waals surface area contributed by atoms with Crippen LogP contribution < -0.4 is 0 Å². The highest BCUT2D eigenvalue weighted by atomic mass is 16.2. The van der Waals surface area contributed by atoms with E-state index in [0.717, 1.165) is 30.8 Å². The van der Waals surface area contributed by atoms with E-state index in [9.17, 15) is 4.79 Å². The largest absolute Gasteiger partial charge is 0.311 e. The molecule has 3 aromatic carbocycles. The molecule has 1 fully saturated rings. The molecule has 1 unspecified atom stereocenters. The van der Waals surface area contributed by atoms with Gasteiger partial charge in [-0.15, -0.1) is 0 Å². The molecule has 3 nitrogen and oxygen atoms in total. The lowest BCUT2D eigenvalue weighted by molar-refractivity contribution is 0.0429. The fourth-order valence-corrected chi connectivity index (χ4v) is 4.68. The van der Waals surface area contributed by atoms with Crippen molar-refractivity contribution in [1.82, 2.24) is 9.80 Å². The van der Waals surface area contributed by atoms with Crippen molar-refractivity contribution in [2.24, 2.45) is 0 Å². The highest BCUT2D eigenvalue weighted by molar-refractivity contribution is 6.01. The Hall–Kier alpha value is -2.91. The second-order valence-electron chi connectivity index (χ2n) is 7.45. The minimum Gasteiger partial charge on any atom is -0.311 e. The number of amides is 1. The molecule has 3 heteroatoms. The molecule has 2 heterocycles. The Bertz CT molecular complexity index is 996. The molecule has 27 heavy (non-hydrogen) atoms. The smallest absolute Gasteiger partial charge is 0.256 e. The summed E-state index contributed by atoms with van der Waals surface area (Å²) < 4.78 is 0. The quantitative estimate of drug-likeness (QED) is 0.705. The third-order valence-corrected chi connectivity index (χ3v) is 5.89. The summed E-state index contributed by atoms with van der Waals surface area (Å²) in [6, 6.07) is 27.3. The molecule has 1 amide bonds. The Balaban J connectivity index is 1.71. The molecule has 1 atom stereocenters. The maximum atomic E-state index is 13.2. The van der Waals surface area contributed by atoms with Crippen molar-refractivity contribution in [3.8, 4) is 0 Å². The summed E-state index contributed by atoms with van der Waals surface area (Å²) in [4.78, 5) is 17.7. The molecule has 2 aliphatic rings. The van der Waals surface area contributed by atoms with E-state index in [1.807, 2.05) is 24.3 Å². The minimum absolute atomic E-state index is 0.140. The number of carbonyl (C=O) groups excluding carboxylic acids is 1. The first-order valence-corrected chi connectivity index (χ1v) is 9.49. The zero-order valence-corrected chi connectivity index (χ0v) is 15.4. The van der Waals surface area contributed by atoms with Crippen LogP contribution in [0.4, 0.5) is 0 Å². The summed E-state index contributed by atoms with van der Waals surface area (Å²) in [6.07, 6.45) is 0. The molecule has 0 saturated carbocycles. The van der Waals surface area contributed by atoms with Gasteiger partial charge in [0.2, 0.25) is 0 Å². The molecule has 3 aromatic rings. The van der Waals surface area contributed by atoms with Crippen LogP contribution in [0.2, 0.25) is 0 Å². The Kier molecular flexibility index (Phi) is 3.66. The van der Waals surface area contributed by atoms with Crippen LogP contribution in [-0.2, 0) is 12.2 Å². The van der Waals surface area contributed by atoms with Crippen molar-refractivity contribution in [3.63, 3.8) is 0 Å². The highest BCUT2D eigenvalue weighted by Crippen LogP contribution is 2.50. The molecule has 0 bridgehead atoms. The molecule has 0 radical (unpaired) electrons. The number of hydrogen-bond donors (Lipinski definition) is 0. The topological polar surface area (TPSA) is 23.6 Å². The second kappa shape index (κ2) is 6.07. The van der Waals surface area contributed by atoms with Gasteiger partial charge in [0, 0.05) is 30.8 Å². The van der Waals surface area contributed by atoms with E-state index >= 15 is 0 Å². The first kappa shape index (κ1) is 16.3. The van der Waals surface area contributed by atoms with E-state index in [-0.39, 0.29) is 5.91 Å². The van der Waals surface area contributed by atoms with E-state index < -0.39 is 5.66 Å². The van der Waals surface area contributed by atoms with Crippen LogP contribution in [0.25, 0.3) is 0 Å². The number of hydrogen-bond acceptors (Lipinski definition) is 2. The molecular weight excluding hydrogens is 332 g/mol. The fourth-order valence-electron chi connectivity index (χ4n) is 4.68. The summed E-state index contributed by atoms with van der Waals surface area (Å²) in [5, 5.41) is 0. The third kappa shape index (κ3) is 2.28. The Morgan fingerprint density at radius 3 is 2.33 bits per heavy atom. The van der Waals surface area contributed by atoms with Crippen molar-refractivity contribution in [2.45, 2.75) is 19.1 Å². The van der Waals surface area contributed by atoms with E-state index in [1.54, 1.807) is 0 Å². The number of nitrogens with zero attached hydrogens (tertiary/aromatic N) is 2. The minimum atomic E-state index is -0.517. The van der Waals surface area contributed by atoms with Crippen LogP contribution in [0.15, 0.2) is 78.9 Å². The van der Waals surface area contributed by atoms with Crippen LogP contribution in [0.3, 0.4) is 0 Å². The third-order valence-electron chi connectivity index (χ3n) is 5.89. The number of carbonyl (C=O) groups is 1. The molecule has 0 spiro atoms. The zero-order chi connectivity index (χ0) is 18.4. The zero-order valence-electron chi connectivity index (χ0n) is 15.4. The van der Waals surface area contributed by atoms with Gasteiger partial charge in [0.25, 0.3) is 5.91 Å². The van der Waals surface area contributed by atoms with E-state index in [4.69, 9.17) is 0 Å². The maximum absolute atomic E-state index is 13.2. The van der Waals surface area contributed by atoms with E-state index in [2.05, 4.69) is 71.3 Å². The SMILES string of the molecule is Cc1ccc(C23c4ccccc4C(=O)N2CCN3Cc2ccccc2)cc1. The summed E-state index contributed by atoms with van der Waals surface area (Å²) in [6.45, 7) is 4.52. The van der Waals surface area contributed by atoms with Crippen molar-refractivity contribution in [1.29, 1.82) is 0 Å². The van der Waals surface area contributed by atoms with Gasteiger partial charge in [-0.05, 0) is 24.1 Å². The van der Waals surface area contributed by atoms with Crippen molar-refractivity contribution in [3.05, 3.63) is 107 Å². The van der Waals surface area contributed by atoms with Crippen LogP contribution in [0.5, 0.6) is 0 Å². The van der Waals surface area contributed by atoms with Gasteiger partial charge < -0.3 is 4.90 Å². The van der Waals surface area contributed by atoms with Gasteiger partial charge in [0.15, 0.2) is 0 Å². The standard InChI is InChI=1S/C24H22N2O/c1-18-11-13-20(14-12-18)24-22-10-6-5-9-21(22)23(27)26(24)16-15-25(24)17-19-7-3-2-4-8-19/h2-14H,15-17H2,1H3. The predicted octanol–water partition coefficient (Wildman–Crippen LogP) is 4.17. The van der Waals surface area contributed by atoms with Gasteiger partial charge in [-0.2, -0.15) is 0 Å². The van der Waals surface area contributed by atoms with Crippen molar-refractivity contribution < 1.29 is 4.79 Å². The lowest BCUT2D eigenvalue weighted by atomic mass is 9.89. The van der Waals surface area contributed by atoms with Gasteiger partial charge in [0.05, 0.1) is 0 Å². The van der Waals surface area contributed by atoms with Gasteiger partial charge in [-0.1, -0.05) is 78.4 Å². The monoisotopic (exact) mass is 354 g/mol. The Morgan fingerprint density at radius 2 is 1.56 bits per heavy atom. The normalized spacial score (nSPS) is 21.4. The van der Waals surface area contributed by atoms with Crippen LogP contribution in [-0.4, -0.2) is 28.8 Å². The molecular formula is C24H22N2O. The number of benzene rings is 3. The Morgan fingerprint density at radius 1 is 0.852 bits per heavy atom. The van der Waals surface area contributed by atoms with Crippen molar-refractivity contribution in [2.75, 3.05) is 13.1 Å². The number of aryl methyl sites for hydroxylation is 1. The highest BCUT2D eigenvalue weighted by Gasteiger charge is 2.57. The first-order chi connectivity index (χ1) is 13.2. The lowest BCUT2D eigenvalue weighted by Gasteiger charge is -2.40. The predicted molar refractivity (Wildman–Crippen MR) is 106 cm³/mol. The van der Waals surface area contributed by atoms with E-state index in [1.165, 1.54) is 16.7 Å². The average Bonchev–Trinajstić information content (AvgIpc) is 3.19. The lowest BCUT2D eigenvalue weighted by Crippen LogP contribution is -2.48. The van der Waals surface area contributed by atoms with E-state index in [0.29, 0.717) is 0 Å². The number of fused-ring (bicyclic) bond motifs is 3. The summed E-state index contributed by atoms with van der Waals surface area (Å²) in [5.74, 6) is 0.140. The van der Waals surface area contributed by atoms with Gasteiger partial charge >= 0.3 is 0 Å². The summed E-state index contributed by atoms with van der Waals surface area (Å²) >= 11 is 0.